The van der Waals surface area contributed by atoms with Crippen molar-refractivity contribution in [3.63, 3.8) is 0 Å². The van der Waals surface area contributed by atoms with E-state index in [0.717, 1.165) is 55.6 Å². The van der Waals surface area contributed by atoms with Gasteiger partial charge in [0.15, 0.2) is 0 Å². The second-order valence-electron chi connectivity index (χ2n) is 6.41. The molecule has 1 aromatic rings. The van der Waals surface area contributed by atoms with Gasteiger partial charge in [-0.3, -0.25) is 4.79 Å². The Morgan fingerprint density at radius 3 is 2.13 bits per heavy atom. The van der Waals surface area contributed by atoms with Gasteiger partial charge >= 0.3 is 12.1 Å². The third kappa shape index (κ3) is 6.45. The van der Waals surface area contributed by atoms with Crippen molar-refractivity contribution in [3.05, 3.63) is 21.9 Å². The largest absolute Gasteiger partial charge is 0.425 e. The second kappa shape index (κ2) is 12.2. The zero-order valence-electron chi connectivity index (χ0n) is 16.9. The maximum Gasteiger partial charge on any atom is 0.412 e. The molecule has 0 aromatic heterocycles. The topological polar surface area (TPSA) is 112 Å². The lowest BCUT2D eigenvalue weighted by atomic mass is 10.2. The molecular weight excluding hydrogens is 422 g/mol. The minimum Gasteiger partial charge on any atom is -0.425 e. The molecule has 0 saturated heterocycles. The zero-order valence-corrected chi connectivity index (χ0v) is 18.6. The van der Waals surface area contributed by atoms with Gasteiger partial charge in [-0.05, 0) is 25.0 Å². The van der Waals surface area contributed by atoms with E-state index in [1.807, 2.05) is 19.1 Å². The van der Waals surface area contributed by atoms with Crippen LogP contribution >= 0.6 is 23.5 Å². The number of hydrogen-bond donors (Lipinski definition) is 1. The predicted octanol–water partition coefficient (Wildman–Crippen LogP) is 5.52. The monoisotopic (exact) mass is 445 g/mol. The van der Waals surface area contributed by atoms with Crippen molar-refractivity contribution >= 4 is 35.6 Å². The molecule has 0 unspecified atom stereocenters. The van der Waals surface area contributed by atoms with Gasteiger partial charge < -0.3 is 14.8 Å². The van der Waals surface area contributed by atoms with Crippen LogP contribution in [0.15, 0.2) is 31.7 Å². The molecule has 0 fully saturated rings. The fourth-order valence-electron chi connectivity index (χ4n) is 2.50. The summed E-state index contributed by atoms with van der Waals surface area (Å²) in [5.74, 6) is 0.265. The molecule has 0 bridgehead atoms. The van der Waals surface area contributed by atoms with Crippen LogP contribution in [0.5, 0.6) is 11.5 Å². The van der Waals surface area contributed by atoms with E-state index < -0.39 is 6.09 Å². The van der Waals surface area contributed by atoms with Crippen molar-refractivity contribution in [1.29, 1.82) is 10.5 Å². The quantitative estimate of drug-likeness (QED) is 0.229. The number of ether oxygens (including phenoxy) is 2. The van der Waals surface area contributed by atoms with Gasteiger partial charge in [0.25, 0.3) is 0 Å². The van der Waals surface area contributed by atoms with Gasteiger partial charge in [-0.15, -0.1) is 0 Å². The molecule has 9 heteroatoms. The summed E-state index contributed by atoms with van der Waals surface area (Å²) < 4.78 is 11.4. The Morgan fingerprint density at radius 1 is 0.967 bits per heavy atom. The smallest absolute Gasteiger partial charge is 0.412 e. The van der Waals surface area contributed by atoms with Gasteiger partial charge in [0.2, 0.25) is 0 Å². The first-order chi connectivity index (χ1) is 14.5. The van der Waals surface area contributed by atoms with Crippen LogP contribution in [0.1, 0.15) is 52.4 Å². The number of thioether (sulfide) groups is 2. The number of benzene rings is 1. The number of esters is 1. The number of allylic oxidation sites excluding steroid dienone is 1. The first kappa shape index (κ1) is 23.7. The maximum absolute atomic E-state index is 12.2. The van der Waals surface area contributed by atoms with E-state index in [9.17, 15) is 20.1 Å². The Balaban J connectivity index is 2.27. The van der Waals surface area contributed by atoms with Crippen molar-refractivity contribution in [2.24, 2.45) is 0 Å². The molecule has 0 spiro atoms. The highest BCUT2D eigenvalue weighted by Crippen LogP contribution is 2.58. The normalized spacial score (nSPS) is 11.8. The molecule has 1 aliphatic rings. The fourth-order valence-corrected chi connectivity index (χ4v) is 4.98. The highest BCUT2D eigenvalue weighted by Gasteiger charge is 2.30. The van der Waals surface area contributed by atoms with Gasteiger partial charge in [-0.25, -0.2) is 4.79 Å². The summed E-state index contributed by atoms with van der Waals surface area (Å²) in [5.41, 5.74) is -0.0419. The molecular formula is C21H23N3O4S2. The number of nitrogens with one attached hydrogen (secondary N) is 1. The Kier molecular flexibility index (Phi) is 9.59. The second-order valence-corrected chi connectivity index (χ2v) is 8.71. The van der Waals surface area contributed by atoms with Crippen LogP contribution in [0.25, 0.3) is 0 Å². The van der Waals surface area contributed by atoms with E-state index in [0.29, 0.717) is 32.7 Å². The van der Waals surface area contributed by atoms with E-state index in [2.05, 4.69) is 12.2 Å². The number of unbranched alkanes of at least 4 members (excludes halogenated alkanes) is 3. The highest BCUT2D eigenvalue weighted by atomic mass is 32.2. The molecule has 2 rings (SSSR count). The summed E-state index contributed by atoms with van der Waals surface area (Å²) >= 11 is 2.32. The summed E-state index contributed by atoms with van der Waals surface area (Å²) in [6, 6.07) is 6.86. The lowest BCUT2D eigenvalue weighted by molar-refractivity contribution is -0.134. The van der Waals surface area contributed by atoms with Crippen molar-refractivity contribution in [3.8, 4) is 23.6 Å². The number of amides is 1. The first-order valence-corrected chi connectivity index (χ1v) is 11.4. The Bertz CT molecular complexity index is 845. The number of nitrogens with zero attached hydrogens (tertiary/aromatic N) is 2. The van der Waals surface area contributed by atoms with Crippen LogP contribution < -0.4 is 14.8 Å². The van der Waals surface area contributed by atoms with E-state index in [1.54, 1.807) is 12.1 Å². The molecule has 0 radical (unpaired) electrons. The van der Waals surface area contributed by atoms with Crippen molar-refractivity contribution in [2.75, 3.05) is 6.54 Å². The van der Waals surface area contributed by atoms with E-state index >= 15 is 0 Å². The Labute approximate surface area is 184 Å². The van der Waals surface area contributed by atoms with Crippen molar-refractivity contribution < 1.29 is 19.1 Å². The molecule has 30 heavy (non-hydrogen) atoms. The van der Waals surface area contributed by atoms with Crippen LogP contribution in [0.4, 0.5) is 4.79 Å². The third-order valence-electron chi connectivity index (χ3n) is 4.07. The molecule has 1 N–H and O–H groups in total. The lowest BCUT2D eigenvalue weighted by Gasteiger charge is -2.12. The Hall–Kier alpha value is -2.62. The summed E-state index contributed by atoms with van der Waals surface area (Å²) in [7, 11) is 0. The van der Waals surface area contributed by atoms with Crippen LogP contribution in [0, 0.1) is 22.7 Å². The number of nitriles is 2. The van der Waals surface area contributed by atoms with Gasteiger partial charge in [0.05, 0.1) is 14.0 Å². The predicted molar refractivity (Wildman–Crippen MR) is 115 cm³/mol. The number of carbonyl (C=O) groups is 2. The van der Waals surface area contributed by atoms with Gasteiger partial charge in [0, 0.05) is 13.0 Å². The van der Waals surface area contributed by atoms with E-state index in [1.165, 1.54) is 0 Å². The summed E-state index contributed by atoms with van der Waals surface area (Å²) in [4.78, 5) is 25.3. The average Bonchev–Trinajstić information content (AvgIpc) is 3.17. The molecule has 0 saturated carbocycles. The van der Waals surface area contributed by atoms with Crippen molar-refractivity contribution in [1.82, 2.24) is 5.32 Å². The van der Waals surface area contributed by atoms with Crippen LogP contribution in [0.3, 0.4) is 0 Å². The maximum atomic E-state index is 12.2. The fraction of sp³-hybridized carbons (Fsp3) is 0.429. The van der Waals surface area contributed by atoms with Gasteiger partial charge in [-0.2, -0.15) is 10.5 Å². The third-order valence-corrected chi connectivity index (χ3v) is 6.69. The molecule has 1 heterocycles. The summed E-state index contributed by atoms with van der Waals surface area (Å²) in [6.45, 7) is 4.58. The van der Waals surface area contributed by atoms with E-state index in [-0.39, 0.29) is 17.3 Å². The molecule has 158 valence electrons. The number of fused-ring (bicyclic) bond motifs is 1. The first-order valence-electron chi connectivity index (χ1n) is 9.77. The molecule has 0 aliphatic carbocycles. The van der Waals surface area contributed by atoms with Crippen LogP contribution in [0.2, 0.25) is 0 Å². The minimum absolute atomic E-state index is 0.0419. The number of carbonyl (C=O) groups excluding carboxylic acids is 2. The molecule has 1 amide bonds. The van der Waals surface area contributed by atoms with Gasteiger partial charge in [-0.1, -0.05) is 56.6 Å². The van der Waals surface area contributed by atoms with Gasteiger partial charge in [0.1, 0.15) is 29.2 Å². The molecule has 0 atom stereocenters. The minimum atomic E-state index is -0.584. The standard InChI is InChI=1S/C21H23N3O4S2/c1-3-5-7-8-17(25)27-15-9-10-16(28-21(26)24-11-6-4-2)19-18(15)29-20(30-19)14(12-22)13-23/h9-10H,3-8,11H2,1-2H3,(H,24,26). The van der Waals surface area contributed by atoms with Crippen molar-refractivity contribution in [2.45, 2.75) is 62.2 Å². The Morgan fingerprint density at radius 2 is 1.57 bits per heavy atom. The SMILES string of the molecule is CCCCCC(=O)Oc1ccc(OC(=O)NCCCC)c2c1SC(=C(C#N)C#N)S2. The lowest BCUT2D eigenvalue weighted by Crippen LogP contribution is -2.27. The summed E-state index contributed by atoms with van der Waals surface area (Å²) in [6.07, 6.45) is 4.20. The number of rotatable bonds is 9. The van der Waals surface area contributed by atoms with Crippen LogP contribution in [-0.4, -0.2) is 18.6 Å². The molecule has 1 aliphatic heterocycles. The molecule has 7 nitrogen and oxygen atoms in total. The molecule has 1 aromatic carbocycles. The highest BCUT2D eigenvalue weighted by molar-refractivity contribution is 8.24. The average molecular weight is 446 g/mol. The number of hydrogen-bond acceptors (Lipinski definition) is 8. The zero-order chi connectivity index (χ0) is 21.9. The van der Waals surface area contributed by atoms with Crippen LogP contribution in [-0.2, 0) is 4.79 Å². The summed E-state index contributed by atoms with van der Waals surface area (Å²) in [5, 5.41) is 21.1. The van der Waals surface area contributed by atoms with E-state index in [4.69, 9.17) is 9.47 Å².